The summed E-state index contributed by atoms with van der Waals surface area (Å²) in [5.74, 6) is 0.418. The molecule has 2 aromatic rings. The summed E-state index contributed by atoms with van der Waals surface area (Å²) in [4.78, 5) is 3.19. The molecule has 2 heterocycles. The van der Waals surface area contributed by atoms with E-state index in [0.717, 1.165) is 5.69 Å². The van der Waals surface area contributed by atoms with E-state index in [4.69, 9.17) is 12.2 Å². The number of hydrogen-bond acceptors (Lipinski definition) is 4. The average molecular weight is 367 g/mol. The van der Waals surface area contributed by atoms with Gasteiger partial charge in [-0.05, 0) is 42.2 Å². The van der Waals surface area contributed by atoms with Crippen LogP contribution in [0.2, 0.25) is 0 Å². The standard InChI is InChI=1S/C16H18N2O2S3/c19-23(20)10-8-14(12-23)18(11-15-7-4-9-22-15)16(21)17-13-5-2-1-3-6-13/h1-7,9,14H,8,10-12H2,(H,17,21)/t14-/m1/s1. The van der Waals surface area contributed by atoms with Crippen LogP contribution in [0, 0.1) is 0 Å². The SMILES string of the molecule is O=S1(=O)CC[C@@H](N(Cc2cccs2)C(=S)Nc2ccccc2)C1. The molecule has 4 nitrogen and oxygen atoms in total. The van der Waals surface area contributed by atoms with E-state index in [0.29, 0.717) is 18.1 Å². The first-order valence-corrected chi connectivity index (χ1v) is 10.5. The van der Waals surface area contributed by atoms with Crippen LogP contribution in [-0.4, -0.2) is 36.0 Å². The van der Waals surface area contributed by atoms with Crippen molar-refractivity contribution in [3.63, 3.8) is 0 Å². The lowest BCUT2D eigenvalue weighted by atomic mass is 10.2. The van der Waals surface area contributed by atoms with Crippen LogP contribution in [0.5, 0.6) is 0 Å². The molecule has 7 heteroatoms. The lowest BCUT2D eigenvalue weighted by Crippen LogP contribution is -2.42. The van der Waals surface area contributed by atoms with Crippen molar-refractivity contribution in [3.05, 3.63) is 52.7 Å². The fourth-order valence-corrected chi connectivity index (χ4v) is 5.44. The minimum absolute atomic E-state index is 0.0641. The van der Waals surface area contributed by atoms with Gasteiger partial charge in [-0.15, -0.1) is 11.3 Å². The highest BCUT2D eigenvalue weighted by Gasteiger charge is 2.33. The normalized spacial score (nSPS) is 19.4. The van der Waals surface area contributed by atoms with Gasteiger partial charge in [-0.3, -0.25) is 0 Å². The predicted octanol–water partition coefficient (Wildman–Crippen LogP) is 3.13. The van der Waals surface area contributed by atoms with Crippen molar-refractivity contribution in [3.8, 4) is 0 Å². The second-order valence-electron chi connectivity index (χ2n) is 5.56. The zero-order chi connectivity index (χ0) is 16.3. The van der Waals surface area contributed by atoms with Gasteiger partial charge in [0.25, 0.3) is 0 Å². The average Bonchev–Trinajstić information content (AvgIpc) is 3.15. The maximum absolute atomic E-state index is 11.8. The van der Waals surface area contributed by atoms with Crippen molar-refractivity contribution in [1.29, 1.82) is 0 Å². The van der Waals surface area contributed by atoms with Crippen LogP contribution in [0.15, 0.2) is 47.8 Å². The van der Waals surface area contributed by atoms with Gasteiger partial charge in [0.2, 0.25) is 0 Å². The highest BCUT2D eigenvalue weighted by molar-refractivity contribution is 7.91. The van der Waals surface area contributed by atoms with Gasteiger partial charge in [0, 0.05) is 16.6 Å². The lowest BCUT2D eigenvalue weighted by molar-refractivity contribution is 0.335. The first kappa shape index (κ1) is 16.4. The van der Waals surface area contributed by atoms with E-state index in [9.17, 15) is 8.42 Å². The molecule has 0 spiro atoms. The first-order chi connectivity index (χ1) is 11.0. The van der Waals surface area contributed by atoms with E-state index in [2.05, 4.69) is 5.32 Å². The van der Waals surface area contributed by atoms with Crippen molar-refractivity contribution in [2.24, 2.45) is 0 Å². The summed E-state index contributed by atoms with van der Waals surface area (Å²) in [5.41, 5.74) is 0.912. The molecule has 0 amide bonds. The van der Waals surface area contributed by atoms with Crippen molar-refractivity contribution >= 4 is 44.2 Å². The van der Waals surface area contributed by atoms with E-state index >= 15 is 0 Å². The molecule has 0 bridgehead atoms. The molecule has 3 rings (SSSR count). The highest BCUT2D eigenvalue weighted by atomic mass is 32.2. The molecule has 0 unspecified atom stereocenters. The molecule has 1 aliphatic heterocycles. The van der Waals surface area contributed by atoms with Crippen LogP contribution < -0.4 is 5.32 Å². The fourth-order valence-electron chi connectivity index (χ4n) is 2.68. The number of nitrogens with one attached hydrogen (secondary N) is 1. The van der Waals surface area contributed by atoms with Gasteiger partial charge in [-0.25, -0.2) is 8.42 Å². The van der Waals surface area contributed by atoms with Crippen LogP contribution in [0.3, 0.4) is 0 Å². The largest absolute Gasteiger partial charge is 0.340 e. The van der Waals surface area contributed by atoms with E-state index in [1.807, 2.05) is 52.7 Å². The third-order valence-electron chi connectivity index (χ3n) is 3.84. The number of anilines is 1. The maximum Gasteiger partial charge on any atom is 0.174 e. The Kier molecular flexibility index (Phi) is 4.99. The van der Waals surface area contributed by atoms with E-state index in [1.165, 1.54) is 4.88 Å². The van der Waals surface area contributed by atoms with Gasteiger partial charge < -0.3 is 10.2 Å². The van der Waals surface area contributed by atoms with Crippen LogP contribution in [-0.2, 0) is 16.4 Å². The Balaban J connectivity index is 1.78. The summed E-state index contributed by atoms with van der Waals surface area (Å²) in [7, 11) is -2.95. The van der Waals surface area contributed by atoms with Gasteiger partial charge in [0.05, 0.1) is 18.1 Å². The molecule has 1 fully saturated rings. The molecule has 0 radical (unpaired) electrons. The molecule has 1 aromatic carbocycles. The number of thiophene rings is 1. The predicted molar refractivity (Wildman–Crippen MR) is 99.6 cm³/mol. The summed E-state index contributed by atoms with van der Waals surface area (Å²) < 4.78 is 23.7. The van der Waals surface area contributed by atoms with Crippen molar-refractivity contribution < 1.29 is 8.42 Å². The number of hydrogen-bond donors (Lipinski definition) is 1. The van der Waals surface area contributed by atoms with Gasteiger partial charge in [-0.2, -0.15) is 0 Å². The summed E-state index contributed by atoms with van der Waals surface area (Å²) in [6, 6.07) is 13.7. The molecule has 122 valence electrons. The Hall–Kier alpha value is -1.44. The first-order valence-electron chi connectivity index (χ1n) is 7.39. The molecule has 1 saturated heterocycles. The maximum atomic E-state index is 11.8. The molecular formula is C16H18N2O2S3. The molecule has 1 aromatic heterocycles. The zero-order valence-electron chi connectivity index (χ0n) is 12.5. The Bertz CT molecular complexity index is 758. The third-order valence-corrected chi connectivity index (χ3v) is 6.79. The van der Waals surface area contributed by atoms with Crippen molar-refractivity contribution in [2.75, 3.05) is 16.8 Å². The summed E-state index contributed by atoms with van der Waals surface area (Å²) >= 11 is 7.22. The van der Waals surface area contributed by atoms with Crippen LogP contribution in [0.25, 0.3) is 0 Å². The summed E-state index contributed by atoms with van der Waals surface area (Å²) in [5, 5.41) is 5.82. The minimum atomic E-state index is -2.95. The quantitative estimate of drug-likeness (QED) is 0.843. The number of rotatable bonds is 4. The van der Waals surface area contributed by atoms with Crippen molar-refractivity contribution in [2.45, 2.75) is 19.0 Å². The number of para-hydroxylation sites is 1. The monoisotopic (exact) mass is 366 g/mol. The Morgan fingerprint density at radius 2 is 2.04 bits per heavy atom. The topological polar surface area (TPSA) is 49.4 Å². The van der Waals surface area contributed by atoms with Gasteiger partial charge in [0.1, 0.15) is 0 Å². The minimum Gasteiger partial charge on any atom is -0.340 e. The van der Waals surface area contributed by atoms with E-state index in [1.54, 1.807) is 11.3 Å². The number of sulfone groups is 1. The van der Waals surface area contributed by atoms with Crippen molar-refractivity contribution in [1.82, 2.24) is 4.90 Å². The molecule has 23 heavy (non-hydrogen) atoms. The van der Waals surface area contributed by atoms with Gasteiger partial charge >= 0.3 is 0 Å². The highest BCUT2D eigenvalue weighted by Crippen LogP contribution is 2.23. The summed E-state index contributed by atoms with van der Waals surface area (Å²) in [6.07, 6.45) is 0.629. The molecule has 0 aliphatic carbocycles. The van der Waals surface area contributed by atoms with E-state index < -0.39 is 9.84 Å². The Morgan fingerprint density at radius 1 is 1.26 bits per heavy atom. The number of nitrogens with zero attached hydrogens (tertiary/aromatic N) is 1. The van der Waals surface area contributed by atoms with E-state index in [-0.39, 0.29) is 17.5 Å². The third kappa shape index (κ3) is 4.31. The zero-order valence-corrected chi connectivity index (χ0v) is 15.0. The number of thiocarbonyl (C=S) groups is 1. The summed E-state index contributed by atoms with van der Waals surface area (Å²) in [6.45, 7) is 0.635. The fraction of sp³-hybridized carbons (Fsp3) is 0.312. The van der Waals surface area contributed by atoms with Crippen LogP contribution in [0.4, 0.5) is 5.69 Å². The van der Waals surface area contributed by atoms with Gasteiger partial charge in [0.15, 0.2) is 14.9 Å². The molecule has 1 atom stereocenters. The van der Waals surface area contributed by atoms with Crippen LogP contribution >= 0.6 is 23.6 Å². The number of benzene rings is 1. The Morgan fingerprint density at radius 3 is 2.65 bits per heavy atom. The van der Waals surface area contributed by atoms with Gasteiger partial charge in [-0.1, -0.05) is 24.3 Å². The second-order valence-corrected chi connectivity index (χ2v) is 9.21. The molecule has 0 saturated carbocycles. The molecule has 1 N–H and O–H groups in total. The molecular weight excluding hydrogens is 348 g/mol. The van der Waals surface area contributed by atoms with Crippen LogP contribution in [0.1, 0.15) is 11.3 Å². The Labute approximate surface area is 146 Å². The lowest BCUT2D eigenvalue weighted by Gasteiger charge is -2.30. The second kappa shape index (κ2) is 6.98. The molecule has 1 aliphatic rings. The smallest absolute Gasteiger partial charge is 0.174 e.